The first kappa shape index (κ1) is 12.0. The number of hydrogen-bond donors (Lipinski definition) is 2. The maximum absolute atomic E-state index is 13.1. The second kappa shape index (κ2) is 6.42. The quantitative estimate of drug-likeness (QED) is 0.741. The summed E-state index contributed by atoms with van der Waals surface area (Å²) >= 11 is 1.14. The minimum absolute atomic E-state index is 0.0872. The van der Waals surface area contributed by atoms with Gasteiger partial charge in [0.1, 0.15) is 5.82 Å². The van der Waals surface area contributed by atoms with Gasteiger partial charge in [0, 0.05) is 11.4 Å². The Morgan fingerprint density at radius 3 is 2.87 bits per heavy atom. The van der Waals surface area contributed by atoms with Crippen molar-refractivity contribution in [2.24, 2.45) is 0 Å². The molecule has 0 fully saturated rings. The lowest BCUT2D eigenvalue weighted by atomic mass is 10.3. The molecule has 1 aromatic carbocycles. The molecule has 0 radical (unpaired) electrons. The molecule has 0 heterocycles. The van der Waals surface area contributed by atoms with Crippen molar-refractivity contribution in [3.8, 4) is 0 Å². The van der Waals surface area contributed by atoms with Crippen LogP contribution in [-0.2, 0) is 4.79 Å². The van der Waals surface area contributed by atoms with Crippen molar-refractivity contribution in [3.63, 3.8) is 0 Å². The van der Waals surface area contributed by atoms with Crippen LogP contribution in [0.25, 0.3) is 0 Å². The molecule has 1 aromatic rings. The summed E-state index contributed by atoms with van der Waals surface area (Å²) in [5.74, 6) is -0.379. The van der Waals surface area contributed by atoms with E-state index in [1.54, 1.807) is 18.2 Å². The van der Waals surface area contributed by atoms with Gasteiger partial charge in [-0.2, -0.15) is 0 Å². The Hall–Kier alpha value is -1.07. The summed E-state index contributed by atoms with van der Waals surface area (Å²) in [6.45, 7) is 0.146. The van der Waals surface area contributed by atoms with Crippen LogP contribution in [-0.4, -0.2) is 29.9 Å². The molecular weight excluding hydrogens is 217 g/mol. The maximum atomic E-state index is 13.1. The van der Waals surface area contributed by atoms with Crippen molar-refractivity contribution in [2.75, 3.05) is 18.9 Å². The zero-order valence-corrected chi connectivity index (χ0v) is 8.89. The zero-order valence-electron chi connectivity index (χ0n) is 8.07. The van der Waals surface area contributed by atoms with Crippen molar-refractivity contribution in [1.29, 1.82) is 0 Å². The Labute approximate surface area is 91.7 Å². The molecule has 82 valence electrons. The van der Waals surface area contributed by atoms with Crippen molar-refractivity contribution in [3.05, 3.63) is 30.1 Å². The van der Waals surface area contributed by atoms with E-state index in [4.69, 9.17) is 5.11 Å². The number of nitrogens with one attached hydrogen (secondary N) is 1. The lowest BCUT2D eigenvalue weighted by Gasteiger charge is -2.03. The summed E-state index contributed by atoms with van der Waals surface area (Å²) in [4.78, 5) is 11.6. The van der Waals surface area contributed by atoms with Gasteiger partial charge in [-0.05, 0) is 12.1 Å². The fourth-order valence-electron chi connectivity index (χ4n) is 0.951. The first-order valence-corrected chi connectivity index (χ1v) is 5.47. The minimum atomic E-state index is -0.322. The number of aliphatic hydroxyl groups excluding tert-OH is 1. The second-order valence-electron chi connectivity index (χ2n) is 2.79. The molecular formula is C10H12FNO2S. The number of aliphatic hydroxyl groups is 1. The fourth-order valence-corrected chi connectivity index (χ4v) is 1.72. The fraction of sp³-hybridized carbons (Fsp3) is 0.300. The van der Waals surface area contributed by atoms with Crippen LogP contribution >= 0.6 is 11.8 Å². The van der Waals surface area contributed by atoms with Gasteiger partial charge in [0.15, 0.2) is 0 Å². The monoisotopic (exact) mass is 229 g/mol. The van der Waals surface area contributed by atoms with E-state index in [1.165, 1.54) is 6.07 Å². The molecule has 0 aliphatic carbocycles. The average Bonchev–Trinajstić information content (AvgIpc) is 2.25. The lowest BCUT2D eigenvalue weighted by Crippen LogP contribution is -2.27. The van der Waals surface area contributed by atoms with E-state index in [9.17, 15) is 9.18 Å². The highest BCUT2D eigenvalue weighted by molar-refractivity contribution is 8.00. The normalized spacial score (nSPS) is 10.0. The zero-order chi connectivity index (χ0) is 11.1. The molecule has 3 nitrogen and oxygen atoms in total. The van der Waals surface area contributed by atoms with Crippen molar-refractivity contribution >= 4 is 17.7 Å². The van der Waals surface area contributed by atoms with E-state index in [0.717, 1.165) is 11.8 Å². The molecule has 0 saturated heterocycles. The molecule has 0 aliphatic rings. The van der Waals surface area contributed by atoms with Crippen LogP contribution in [0.3, 0.4) is 0 Å². The first-order valence-electron chi connectivity index (χ1n) is 4.49. The summed E-state index contributed by atoms with van der Waals surface area (Å²) < 4.78 is 13.1. The van der Waals surface area contributed by atoms with E-state index in [0.29, 0.717) is 4.90 Å². The van der Waals surface area contributed by atoms with Gasteiger partial charge in [-0.15, -0.1) is 11.8 Å². The summed E-state index contributed by atoms with van der Waals surface area (Å²) in [7, 11) is 0. The Bertz CT molecular complexity index is 333. The highest BCUT2D eigenvalue weighted by Crippen LogP contribution is 2.20. The topological polar surface area (TPSA) is 49.3 Å². The van der Waals surface area contributed by atoms with Crippen LogP contribution in [0.4, 0.5) is 4.39 Å². The van der Waals surface area contributed by atoms with Gasteiger partial charge < -0.3 is 10.4 Å². The van der Waals surface area contributed by atoms with Gasteiger partial charge in [0.05, 0.1) is 12.4 Å². The number of rotatable bonds is 5. The van der Waals surface area contributed by atoms with Gasteiger partial charge in [-0.1, -0.05) is 12.1 Å². The van der Waals surface area contributed by atoms with Crippen LogP contribution in [0.5, 0.6) is 0 Å². The third-order valence-electron chi connectivity index (χ3n) is 1.63. The Kier molecular flexibility index (Phi) is 5.14. The predicted octanol–water partition coefficient (Wildman–Crippen LogP) is 1.03. The SMILES string of the molecule is O=C(CSc1ccccc1F)NCCO. The van der Waals surface area contributed by atoms with E-state index in [2.05, 4.69) is 5.32 Å². The van der Waals surface area contributed by atoms with Gasteiger partial charge in [0.25, 0.3) is 0 Å². The van der Waals surface area contributed by atoms with E-state index >= 15 is 0 Å². The Morgan fingerprint density at radius 1 is 1.47 bits per heavy atom. The first-order chi connectivity index (χ1) is 7.24. The van der Waals surface area contributed by atoms with Crippen LogP contribution in [0.15, 0.2) is 29.2 Å². The molecule has 1 rings (SSSR count). The van der Waals surface area contributed by atoms with Crippen LogP contribution in [0, 0.1) is 5.82 Å². The third kappa shape index (κ3) is 4.31. The van der Waals surface area contributed by atoms with E-state index in [-0.39, 0.29) is 30.6 Å². The van der Waals surface area contributed by atoms with Gasteiger partial charge in [0.2, 0.25) is 5.91 Å². The lowest BCUT2D eigenvalue weighted by molar-refractivity contribution is -0.118. The number of hydrogen-bond acceptors (Lipinski definition) is 3. The number of benzene rings is 1. The highest BCUT2D eigenvalue weighted by atomic mass is 32.2. The molecule has 0 bridgehead atoms. The summed E-state index contributed by atoms with van der Waals surface area (Å²) in [6, 6.07) is 6.30. The maximum Gasteiger partial charge on any atom is 0.230 e. The van der Waals surface area contributed by atoms with Gasteiger partial charge in [-0.3, -0.25) is 4.79 Å². The number of amides is 1. The highest BCUT2D eigenvalue weighted by Gasteiger charge is 2.05. The van der Waals surface area contributed by atoms with Crippen LogP contribution in [0.2, 0.25) is 0 Å². The minimum Gasteiger partial charge on any atom is -0.395 e. The third-order valence-corrected chi connectivity index (χ3v) is 2.68. The number of thioether (sulfide) groups is 1. The van der Waals surface area contributed by atoms with Gasteiger partial charge >= 0.3 is 0 Å². The molecule has 0 unspecified atom stereocenters. The van der Waals surface area contributed by atoms with E-state index < -0.39 is 0 Å². The summed E-state index contributed by atoms with van der Waals surface area (Å²) in [5, 5.41) is 11.0. The molecule has 0 aliphatic heterocycles. The predicted molar refractivity (Wildman–Crippen MR) is 57.2 cm³/mol. The Morgan fingerprint density at radius 2 is 2.20 bits per heavy atom. The average molecular weight is 229 g/mol. The van der Waals surface area contributed by atoms with Crippen molar-refractivity contribution in [2.45, 2.75) is 4.90 Å². The summed E-state index contributed by atoms with van der Waals surface area (Å²) in [6.07, 6.45) is 0. The number of halogens is 1. The molecule has 0 aromatic heterocycles. The van der Waals surface area contributed by atoms with Gasteiger partial charge in [-0.25, -0.2) is 4.39 Å². The second-order valence-corrected chi connectivity index (χ2v) is 3.81. The number of carbonyl (C=O) groups is 1. The molecule has 15 heavy (non-hydrogen) atoms. The molecule has 0 atom stereocenters. The molecule has 1 amide bonds. The standard InChI is InChI=1S/C10H12FNO2S/c11-8-3-1-2-4-9(8)15-7-10(14)12-5-6-13/h1-4,13H,5-7H2,(H,12,14). The van der Waals surface area contributed by atoms with E-state index in [1.807, 2.05) is 0 Å². The van der Waals surface area contributed by atoms with Crippen molar-refractivity contribution in [1.82, 2.24) is 5.32 Å². The molecule has 0 spiro atoms. The largest absolute Gasteiger partial charge is 0.395 e. The Balaban J connectivity index is 2.37. The number of carbonyl (C=O) groups excluding carboxylic acids is 1. The summed E-state index contributed by atoms with van der Waals surface area (Å²) in [5.41, 5.74) is 0. The van der Waals surface area contributed by atoms with Crippen LogP contribution < -0.4 is 5.32 Å². The molecule has 5 heteroatoms. The molecule has 2 N–H and O–H groups in total. The van der Waals surface area contributed by atoms with Crippen molar-refractivity contribution < 1.29 is 14.3 Å². The van der Waals surface area contributed by atoms with Crippen LogP contribution in [0.1, 0.15) is 0 Å². The molecule has 0 saturated carbocycles. The smallest absolute Gasteiger partial charge is 0.230 e.